The Bertz CT molecular complexity index is 229. The van der Waals surface area contributed by atoms with Crippen molar-refractivity contribution in [3.05, 3.63) is 35.4 Å². The van der Waals surface area contributed by atoms with Gasteiger partial charge in [-0.05, 0) is 5.57 Å². The number of hydrogen-bond acceptors (Lipinski definition) is 2. The molecule has 2 nitrogen and oxygen atoms in total. The molecule has 3 heteroatoms. The zero-order chi connectivity index (χ0) is 9.56. The third-order valence-corrected chi connectivity index (χ3v) is 1.74. The van der Waals surface area contributed by atoms with Gasteiger partial charge in [-0.15, -0.1) is 0 Å². The van der Waals surface area contributed by atoms with Crippen LogP contribution < -0.4 is 0 Å². The first-order chi connectivity index (χ1) is 5.61. The molecule has 0 aromatic heterocycles. The van der Waals surface area contributed by atoms with Crippen LogP contribution in [-0.2, 0) is 9.53 Å². The summed E-state index contributed by atoms with van der Waals surface area (Å²) in [6.45, 7) is 7.18. The first-order valence-corrected chi connectivity index (χ1v) is 4.14. The average molecular weight is 231 g/mol. The summed E-state index contributed by atoms with van der Waals surface area (Å²) in [4.78, 5) is 10.8. The molecule has 0 atom stereocenters. The van der Waals surface area contributed by atoms with Crippen molar-refractivity contribution in [1.82, 2.24) is 0 Å². The van der Waals surface area contributed by atoms with Crippen LogP contribution in [0, 0.1) is 0 Å². The predicted octanol–water partition coefficient (Wildman–Crippen LogP) is 2.57. The summed E-state index contributed by atoms with van der Waals surface area (Å²) in [6, 6.07) is 0. The molecule has 0 aliphatic carbocycles. The van der Waals surface area contributed by atoms with Crippen LogP contribution in [-0.4, -0.2) is 13.1 Å². The smallest absolute Gasteiger partial charge is 0.310 e. The third kappa shape index (κ3) is 4.13. The number of esters is 1. The van der Waals surface area contributed by atoms with E-state index in [1.807, 2.05) is 0 Å². The van der Waals surface area contributed by atoms with Crippen molar-refractivity contribution in [2.45, 2.75) is 6.42 Å². The lowest BCUT2D eigenvalue weighted by molar-refractivity contribution is -0.139. The summed E-state index contributed by atoms with van der Waals surface area (Å²) in [5, 5.41) is 0. The Kier molecular flexibility index (Phi) is 5.37. The minimum absolute atomic E-state index is 0.215. The topological polar surface area (TPSA) is 26.3 Å². The lowest BCUT2D eigenvalue weighted by atomic mass is 10.2. The monoisotopic (exact) mass is 230 g/mol. The highest BCUT2D eigenvalue weighted by molar-refractivity contribution is 9.11. The van der Waals surface area contributed by atoms with Gasteiger partial charge in [-0.3, -0.25) is 4.79 Å². The van der Waals surface area contributed by atoms with Crippen molar-refractivity contribution >= 4 is 21.9 Å². The number of allylic oxidation sites excluding steroid dienone is 3. The lowest BCUT2D eigenvalue weighted by Gasteiger charge is -2.02. The molecule has 0 saturated heterocycles. The molecule has 0 spiro atoms. The molecular weight excluding hydrogens is 220 g/mol. The Morgan fingerprint density at radius 2 is 2.25 bits per heavy atom. The van der Waals surface area contributed by atoms with Gasteiger partial charge < -0.3 is 4.74 Å². The van der Waals surface area contributed by atoms with Crippen LogP contribution in [0.3, 0.4) is 0 Å². The number of halogens is 1. The minimum atomic E-state index is -0.288. The van der Waals surface area contributed by atoms with Crippen molar-refractivity contribution in [1.29, 1.82) is 0 Å². The summed E-state index contributed by atoms with van der Waals surface area (Å²) in [5.74, 6) is -0.288. The van der Waals surface area contributed by atoms with Gasteiger partial charge in [0.25, 0.3) is 0 Å². The first-order valence-electron chi connectivity index (χ1n) is 3.35. The fourth-order valence-corrected chi connectivity index (χ4v) is 0.888. The van der Waals surface area contributed by atoms with Gasteiger partial charge in [-0.2, -0.15) is 0 Å². The van der Waals surface area contributed by atoms with Crippen molar-refractivity contribution in [3.63, 3.8) is 0 Å². The Balaban J connectivity index is 4.34. The highest BCUT2D eigenvalue weighted by Gasteiger charge is 2.05. The number of carbonyl (C=O) groups excluding carboxylic acids is 1. The van der Waals surface area contributed by atoms with E-state index in [1.165, 1.54) is 7.11 Å². The summed E-state index contributed by atoms with van der Waals surface area (Å²) in [5.41, 5.74) is 0.775. The van der Waals surface area contributed by atoms with Crippen molar-refractivity contribution in [2.24, 2.45) is 0 Å². The third-order valence-electron chi connectivity index (χ3n) is 1.23. The number of carbonyl (C=O) groups is 1. The molecule has 12 heavy (non-hydrogen) atoms. The maximum Gasteiger partial charge on any atom is 0.310 e. The fourth-order valence-electron chi connectivity index (χ4n) is 0.615. The number of ether oxygens (including phenoxy) is 1. The average Bonchev–Trinajstić information content (AvgIpc) is 2.03. The minimum Gasteiger partial charge on any atom is -0.469 e. The molecule has 0 bridgehead atoms. The molecule has 0 fully saturated rings. The molecule has 0 saturated carbocycles. The number of hydrogen-bond donors (Lipinski definition) is 0. The largest absolute Gasteiger partial charge is 0.469 e. The molecule has 0 aromatic carbocycles. The molecule has 0 aliphatic heterocycles. The zero-order valence-corrected chi connectivity index (χ0v) is 8.56. The summed E-state index contributed by atoms with van der Waals surface area (Å²) < 4.78 is 5.18. The lowest BCUT2D eigenvalue weighted by Crippen LogP contribution is -2.01. The summed E-state index contributed by atoms with van der Waals surface area (Å²) in [6.07, 6.45) is 3.53. The molecular formula is C9H11BrO2. The van der Waals surface area contributed by atoms with Gasteiger partial charge in [0.1, 0.15) is 0 Å². The van der Waals surface area contributed by atoms with Crippen molar-refractivity contribution in [2.75, 3.05) is 7.11 Å². The van der Waals surface area contributed by atoms with E-state index in [-0.39, 0.29) is 12.4 Å². The maximum atomic E-state index is 10.8. The summed E-state index contributed by atoms with van der Waals surface area (Å²) >= 11 is 3.18. The van der Waals surface area contributed by atoms with Crippen molar-refractivity contribution < 1.29 is 9.53 Å². The second-order valence-electron chi connectivity index (χ2n) is 2.09. The van der Waals surface area contributed by atoms with Gasteiger partial charge >= 0.3 is 5.97 Å². The quantitative estimate of drug-likeness (QED) is 0.549. The van der Waals surface area contributed by atoms with E-state index in [0.717, 1.165) is 5.57 Å². The van der Waals surface area contributed by atoms with Gasteiger partial charge in [-0.1, -0.05) is 41.2 Å². The van der Waals surface area contributed by atoms with E-state index in [2.05, 4.69) is 33.8 Å². The molecule has 66 valence electrons. The fraction of sp³-hybridized carbons (Fsp3) is 0.222. The van der Waals surface area contributed by atoms with E-state index < -0.39 is 0 Å². The SMILES string of the molecule is C=C/C=C(/CC(=O)OC)C(=C)Br. The second kappa shape index (κ2) is 5.77. The van der Waals surface area contributed by atoms with Crippen molar-refractivity contribution in [3.8, 4) is 0 Å². The molecule has 0 N–H and O–H groups in total. The van der Waals surface area contributed by atoms with Crippen LogP contribution in [0.25, 0.3) is 0 Å². The Morgan fingerprint density at radius 3 is 2.58 bits per heavy atom. The van der Waals surface area contributed by atoms with Gasteiger partial charge in [0.2, 0.25) is 0 Å². The normalized spacial score (nSPS) is 10.7. The Morgan fingerprint density at radius 1 is 1.67 bits per heavy atom. The molecule has 0 heterocycles. The molecule has 0 radical (unpaired) electrons. The van der Waals surface area contributed by atoms with E-state index >= 15 is 0 Å². The standard InChI is InChI=1S/C9H11BrO2/c1-4-5-8(7(2)10)6-9(11)12-3/h4-5H,1-2,6H2,3H3/b8-5-. The van der Waals surface area contributed by atoms with E-state index in [0.29, 0.717) is 4.48 Å². The zero-order valence-electron chi connectivity index (χ0n) is 6.97. The second-order valence-corrected chi connectivity index (χ2v) is 3.04. The van der Waals surface area contributed by atoms with Crippen LogP contribution in [0.4, 0.5) is 0 Å². The van der Waals surface area contributed by atoms with Crippen LogP contribution >= 0.6 is 15.9 Å². The predicted molar refractivity (Wildman–Crippen MR) is 53.0 cm³/mol. The molecule has 0 unspecified atom stereocenters. The Labute approximate surface area is 80.7 Å². The van der Waals surface area contributed by atoms with Crippen LogP contribution in [0.15, 0.2) is 35.4 Å². The maximum absolute atomic E-state index is 10.8. The first kappa shape index (κ1) is 11.2. The summed E-state index contributed by atoms with van der Waals surface area (Å²) in [7, 11) is 1.35. The number of methoxy groups -OCH3 is 1. The molecule has 0 aromatic rings. The van der Waals surface area contributed by atoms with Gasteiger partial charge in [0.15, 0.2) is 0 Å². The van der Waals surface area contributed by atoms with E-state index in [4.69, 9.17) is 0 Å². The molecule has 0 amide bonds. The molecule has 0 rings (SSSR count). The van der Waals surface area contributed by atoms with E-state index in [9.17, 15) is 4.79 Å². The van der Waals surface area contributed by atoms with Gasteiger partial charge in [0.05, 0.1) is 13.5 Å². The van der Waals surface area contributed by atoms with Gasteiger partial charge in [0, 0.05) is 4.48 Å². The Hall–Kier alpha value is -0.830. The van der Waals surface area contributed by atoms with Crippen LogP contribution in [0.5, 0.6) is 0 Å². The van der Waals surface area contributed by atoms with Crippen LogP contribution in [0.1, 0.15) is 6.42 Å². The van der Waals surface area contributed by atoms with Gasteiger partial charge in [-0.25, -0.2) is 0 Å². The van der Waals surface area contributed by atoms with Crippen LogP contribution in [0.2, 0.25) is 0 Å². The number of rotatable bonds is 4. The molecule has 0 aliphatic rings. The highest BCUT2D eigenvalue weighted by atomic mass is 79.9. The van der Waals surface area contributed by atoms with E-state index in [1.54, 1.807) is 12.2 Å². The highest BCUT2D eigenvalue weighted by Crippen LogP contribution is 2.18.